The Balaban J connectivity index is 2.37. The summed E-state index contributed by atoms with van der Waals surface area (Å²) in [4.78, 5) is 13.7. The van der Waals surface area contributed by atoms with Crippen molar-refractivity contribution in [2.45, 2.75) is 26.3 Å². The Kier molecular flexibility index (Phi) is 6.82. The summed E-state index contributed by atoms with van der Waals surface area (Å²) < 4.78 is 5.56. The van der Waals surface area contributed by atoms with Crippen molar-refractivity contribution in [1.82, 2.24) is 4.90 Å². The molecule has 5 heteroatoms. The minimum atomic E-state index is -0.444. The van der Waals surface area contributed by atoms with Crippen molar-refractivity contribution < 1.29 is 9.53 Å². The number of halogens is 1. The van der Waals surface area contributed by atoms with Crippen molar-refractivity contribution >= 4 is 17.5 Å². The third-order valence-electron chi connectivity index (χ3n) is 3.43. The molecule has 112 valence electrons. The van der Waals surface area contributed by atoms with Crippen molar-refractivity contribution in [2.75, 3.05) is 20.2 Å². The first-order valence-electron chi connectivity index (χ1n) is 6.84. The van der Waals surface area contributed by atoms with Crippen LogP contribution in [0.15, 0.2) is 24.3 Å². The standard InChI is InChI=1S/C15H23ClN2O2/c1-4-11(2)14(17)15(19)18(3)9-10-20-13-7-5-12(16)6-8-13/h5-8,11,14H,4,9-10,17H2,1-3H3/t11-,14-/m0/s1. The zero-order chi connectivity index (χ0) is 15.1. The lowest BCUT2D eigenvalue weighted by atomic mass is 9.99. The Morgan fingerprint density at radius 3 is 2.55 bits per heavy atom. The molecule has 20 heavy (non-hydrogen) atoms. The van der Waals surface area contributed by atoms with Crippen LogP contribution in [0.1, 0.15) is 20.3 Å². The number of rotatable bonds is 7. The van der Waals surface area contributed by atoms with E-state index in [0.29, 0.717) is 18.2 Å². The molecule has 0 spiro atoms. The van der Waals surface area contributed by atoms with Gasteiger partial charge in [-0.15, -0.1) is 0 Å². The van der Waals surface area contributed by atoms with E-state index in [2.05, 4.69) is 0 Å². The zero-order valence-electron chi connectivity index (χ0n) is 12.3. The third-order valence-corrected chi connectivity index (χ3v) is 3.68. The number of carbonyl (C=O) groups is 1. The van der Waals surface area contributed by atoms with Crippen LogP contribution in [0.5, 0.6) is 5.75 Å². The molecule has 0 aromatic heterocycles. The quantitative estimate of drug-likeness (QED) is 0.841. The van der Waals surface area contributed by atoms with Gasteiger partial charge in [0, 0.05) is 12.1 Å². The summed E-state index contributed by atoms with van der Waals surface area (Å²) in [5, 5.41) is 0.671. The molecule has 0 aliphatic heterocycles. The topological polar surface area (TPSA) is 55.6 Å². The number of nitrogens with zero attached hydrogens (tertiary/aromatic N) is 1. The first-order valence-corrected chi connectivity index (χ1v) is 7.22. The van der Waals surface area contributed by atoms with Crippen LogP contribution in [0, 0.1) is 5.92 Å². The van der Waals surface area contributed by atoms with Crippen molar-refractivity contribution in [3.8, 4) is 5.75 Å². The molecule has 4 nitrogen and oxygen atoms in total. The molecule has 0 radical (unpaired) electrons. The predicted octanol–water partition coefficient (Wildman–Crippen LogP) is 2.55. The molecule has 0 heterocycles. The SMILES string of the molecule is CC[C@H](C)[C@H](N)C(=O)N(C)CCOc1ccc(Cl)cc1. The lowest BCUT2D eigenvalue weighted by Gasteiger charge is -2.24. The van der Waals surface area contributed by atoms with E-state index in [-0.39, 0.29) is 11.8 Å². The molecule has 1 aromatic rings. The Morgan fingerprint density at radius 1 is 1.40 bits per heavy atom. The van der Waals surface area contributed by atoms with E-state index in [1.54, 1.807) is 36.2 Å². The minimum Gasteiger partial charge on any atom is -0.492 e. The summed E-state index contributed by atoms with van der Waals surface area (Å²) in [7, 11) is 1.75. The molecule has 2 atom stereocenters. The fourth-order valence-electron chi connectivity index (χ4n) is 1.69. The number of ether oxygens (including phenoxy) is 1. The molecule has 1 rings (SSSR count). The molecule has 0 unspecified atom stereocenters. The summed E-state index contributed by atoms with van der Waals surface area (Å²) in [5.74, 6) is 0.877. The van der Waals surface area contributed by atoms with E-state index in [1.807, 2.05) is 13.8 Å². The molecule has 0 aliphatic carbocycles. The molecular weight excluding hydrogens is 276 g/mol. The first kappa shape index (κ1) is 16.8. The number of nitrogens with two attached hydrogens (primary N) is 1. The highest BCUT2D eigenvalue weighted by molar-refractivity contribution is 6.30. The predicted molar refractivity (Wildman–Crippen MR) is 82.0 cm³/mol. The lowest BCUT2D eigenvalue weighted by Crippen LogP contribution is -2.46. The molecule has 2 N–H and O–H groups in total. The second kappa shape index (κ2) is 8.12. The van der Waals surface area contributed by atoms with Gasteiger partial charge in [0.2, 0.25) is 5.91 Å². The second-order valence-corrected chi connectivity index (χ2v) is 5.41. The maximum atomic E-state index is 12.1. The third kappa shape index (κ3) is 5.02. The van der Waals surface area contributed by atoms with Gasteiger partial charge in [-0.1, -0.05) is 31.9 Å². The molecule has 0 saturated heterocycles. The van der Waals surface area contributed by atoms with Crippen LogP contribution in [0.3, 0.4) is 0 Å². The van der Waals surface area contributed by atoms with E-state index in [0.717, 1.165) is 12.2 Å². The highest BCUT2D eigenvalue weighted by Crippen LogP contribution is 2.15. The lowest BCUT2D eigenvalue weighted by molar-refractivity contribution is -0.132. The monoisotopic (exact) mass is 298 g/mol. The van der Waals surface area contributed by atoms with Crippen molar-refractivity contribution in [3.63, 3.8) is 0 Å². The summed E-state index contributed by atoms with van der Waals surface area (Å²) >= 11 is 5.79. The Morgan fingerprint density at radius 2 is 2.00 bits per heavy atom. The molecule has 1 amide bonds. The molecule has 0 bridgehead atoms. The summed E-state index contributed by atoms with van der Waals surface area (Å²) in [5.41, 5.74) is 5.92. The van der Waals surface area contributed by atoms with Crippen molar-refractivity contribution in [1.29, 1.82) is 0 Å². The number of hydrogen-bond acceptors (Lipinski definition) is 3. The van der Waals surface area contributed by atoms with Crippen LogP contribution in [0.4, 0.5) is 0 Å². The van der Waals surface area contributed by atoms with Gasteiger partial charge in [0.05, 0.1) is 12.6 Å². The maximum absolute atomic E-state index is 12.1. The van der Waals surface area contributed by atoms with Gasteiger partial charge in [-0.3, -0.25) is 4.79 Å². The summed E-state index contributed by atoms with van der Waals surface area (Å²) in [6.07, 6.45) is 0.891. The summed E-state index contributed by atoms with van der Waals surface area (Å²) in [6, 6.07) is 6.69. The number of carbonyl (C=O) groups excluding carboxylic acids is 1. The number of benzene rings is 1. The zero-order valence-corrected chi connectivity index (χ0v) is 13.1. The second-order valence-electron chi connectivity index (χ2n) is 4.97. The van der Waals surface area contributed by atoms with Gasteiger partial charge >= 0.3 is 0 Å². The van der Waals surface area contributed by atoms with Gasteiger partial charge in [0.25, 0.3) is 0 Å². The van der Waals surface area contributed by atoms with E-state index in [9.17, 15) is 4.79 Å². The number of likely N-dealkylation sites (N-methyl/N-ethyl adjacent to an activating group) is 1. The van der Waals surface area contributed by atoms with Gasteiger partial charge < -0.3 is 15.4 Å². The van der Waals surface area contributed by atoms with E-state index >= 15 is 0 Å². The molecule has 0 aliphatic rings. The largest absolute Gasteiger partial charge is 0.492 e. The summed E-state index contributed by atoms with van der Waals surface area (Å²) in [6.45, 7) is 4.95. The first-order chi connectivity index (χ1) is 9.45. The van der Waals surface area contributed by atoms with E-state index < -0.39 is 6.04 Å². The van der Waals surface area contributed by atoms with Gasteiger partial charge in [0.15, 0.2) is 0 Å². The Labute approximate surface area is 125 Å². The van der Waals surface area contributed by atoms with Gasteiger partial charge in [0.1, 0.15) is 12.4 Å². The number of amides is 1. The number of hydrogen-bond donors (Lipinski definition) is 1. The van der Waals surface area contributed by atoms with Crippen molar-refractivity contribution in [3.05, 3.63) is 29.3 Å². The smallest absolute Gasteiger partial charge is 0.239 e. The highest BCUT2D eigenvalue weighted by Gasteiger charge is 2.22. The van der Waals surface area contributed by atoms with E-state index in [4.69, 9.17) is 22.1 Å². The van der Waals surface area contributed by atoms with Crippen LogP contribution in [-0.2, 0) is 4.79 Å². The highest BCUT2D eigenvalue weighted by atomic mass is 35.5. The normalized spacial score (nSPS) is 13.7. The van der Waals surface area contributed by atoms with Crippen LogP contribution in [0.25, 0.3) is 0 Å². The molecular formula is C15H23ClN2O2. The fraction of sp³-hybridized carbons (Fsp3) is 0.533. The van der Waals surface area contributed by atoms with Gasteiger partial charge in [-0.2, -0.15) is 0 Å². The molecule has 1 aromatic carbocycles. The average molecular weight is 299 g/mol. The van der Waals surface area contributed by atoms with Gasteiger partial charge in [-0.05, 0) is 30.2 Å². The van der Waals surface area contributed by atoms with Crippen LogP contribution < -0.4 is 10.5 Å². The van der Waals surface area contributed by atoms with E-state index in [1.165, 1.54) is 0 Å². The fourth-order valence-corrected chi connectivity index (χ4v) is 1.82. The van der Waals surface area contributed by atoms with Crippen LogP contribution in [-0.4, -0.2) is 37.0 Å². The maximum Gasteiger partial charge on any atom is 0.239 e. The van der Waals surface area contributed by atoms with Gasteiger partial charge in [-0.25, -0.2) is 0 Å². The minimum absolute atomic E-state index is 0.0425. The Hall–Kier alpha value is -1.26. The molecule has 0 fully saturated rings. The molecule has 0 saturated carbocycles. The average Bonchev–Trinajstić information content (AvgIpc) is 2.46. The Bertz CT molecular complexity index is 422. The van der Waals surface area contributed by atoms with Crippen LogP contribution in [0.2, 0.25) is 5.02 Å². The van der Waals surface area contributed by atoms with Crippen LogP contribution >= 0.6 is 11.6 Å². The van der Waals surface area contributed by atoms with Crippen molar-refractivity contribution in [2.24, 2.45) is 11.7 Å².